The van der Waals surface area contributed by atoms with Crippen LogP contribution < -0.4 is 5.32 Å². The fraction of sp³-hybridized carbons (Fsp3) is 0.333. The normalized spacial score (nSPS) is 19.4. The number of aryl methyl sites for hydroxylation is 2. The number of nitrogens with zero attached hydrogens (tertiary/aromatic N) is 4. The number of hydrogen-bond donors (Lipinski definition) is 2. The number of benzene rings is 1. The molecule has 1 aliphatic heterocycles. The Labute approximate surface area is 150 Å². The van der Waals surface area contributed by atoms with Crippen molar-refractivity contribution in [1.29, 1.82) is 0 Å². The van der Waals surface area contributed by atoms with Crippen molar-refractivity contribution in [3.05, 3.63) is 41.9 Å². The summed E-state index contributed by atoms with van der Waals surface area (Å²) >= 11 is 0. The lowest BCUT2D eigenvalue weighted by Gasteiger charge is -2.48. The minimum absolute atomic E-state index is 0.201. The lowest BCUT2D eigenvalue weighted by atomic mass is 9.85. The first-order valence-electron chi connectivity index (χ1n) is 8.46. The third kappa shape index (κ3) is 2.45. The van der Waals surface area contributed by atoms with Crippen molar-refractivity contribution in [2.24, 2.45) is 7.05 Å². The second-order valence-corrected chi connectivity index (χ2v) is 6.90. The summed E-state index contributed by atoms with van der Waals surface area (Å²) in [7, 11) is 1.79. The molecular formula is C18H20N6O2. The summed E-state index contributed by atoms with van der Waals surface area (Å²) in [6.45, 7) is 4.22. The zero-order valence-electron chi connectivity index (χ0n) is 14.9. The van der Waals surface area contributed by atoms with Crippen LogP contribution in [0.1, 0.15) is 29.5 Å². The van der Waals surface area contributed by atoms with Crippen molar-refractivity contribution in [2.45, 2.75) is 25.8 Å². The lowest BCUT2D eigenvalue weighted by Crippen LogP contribution is -2.66. The fourth-order valence-corrected chi connectivity index (χ4v) is 3.21. The van der Waals surface area contributed by atoms with Crippen LogP contribution in [0.25, 0.3) is 10.9 Å². The number of aromatic nitrogens is 4. The van der Waals surface area contributed by atoms with E-state index in [1.165, 1.54) is 0 Å². The maximum Gasteiger partial charge on any atom is 0.275 e. The molecule has 1 unspecified atom stereocenters. The molecule has 8 nitrogen and oxygen atoms in total. The maximum atomic E-state index is 12.9. The Kier molecular flexibility index (Phi) is 3.57. The summed E-state index contributed by atoms with van der Waals surface area (Å²) in [6, 6.07) is 7.27. The molecule has 8 heteroatoms. The van der Waals surface area contributed by atoms with E-state index in [9.17, 15) is 9.59 Å². The molecule has 0 bridgehead atoms. The van der Waals surface area contributed by atoms with Gasteiger partial charge in [0.2, 0.25) is 5.91 Å². The van der Waals surface area contributed by atoms with E-state index in [-0.39, 0.29) is 11.8 Å². The topological polar surface area (TPSA) is 95.9 Å². The summed E-state index contributed by atoms with van der Waals surface area (Å²) in [5.74, 6) is -0.421. The number of anilines is 1. The van der Waals surface area contributed by atoms with Gasteiger partial charge < -0.3 is 10.2 Å². The quantitative estimate of drug-likeness (QED) is 0.752. The highest BCUT2D eigenvalue weighted by Gasteiger charge is 2.50. The summed E-state index contributed by atoms with van der Waals surface area (Å²) < 4.78 is 1.66. The second-order valence-electron chi connectivity index (χ2n) is 6.90. The van der Waals surface area contributed by atoms with Crippen molar-refractivity contribution in [3.8, 4) is 0 Å². The molecule has 1 fully saturated rings. The molecule has 0 spiro atoms. The van der Waals surface area contributed by atoms with Crippen LogP contribution in [0.3, 0.4) is 0 Å². The molecule has 2 aromatic heterocycles. The lowest BCUT2D eigenvalue weighted by molar-refractivity contribution is -0.132. The smallest absolute Gasteiger partial charge is 0.275 e. The monoisotopic (exact) mass is 352 g/mol. The van der Waals surface area contributed by atoms with Gasteiger partial charge in [0.15, 0.2) is 5.69 Å². The zero-order valence-corrected chi connectivity index (χ0v) is 14.9. The molecule has 3 heterocycles. The van der Waals surface area contributed by atoms with E-state index in [1.807, 2.05) is 25.1 Å². The Hall–Kier alpha value is -3.16. The standard InChI is InChI=1S/C18H20N6O2/c1-11-8-15(22-23(11)3)16(25)24-7-6-18(24,2)17(26)20-13-4-5-14-12(9-13)10-19-21-14/h4-5,8-10H,6-7H2,1-3H3,(H,19,21)(H,20,26). The molecule has 3 aromatic rings. The predicted molar refractivity (Wildman–Crippen MR) is 96.7 cm³/mol. The van der Waals surface area contributed by atoms with Crippen LogP contribution in [-0.4, -0.2) is 48.8 Å². The SMILES string of the molecule is Cc1cc(C(=O)N2CCC2(C)C(=O)Nc2ccc3[nH]ncc3c2)nn1C. The van der Waals surface area contributed by atoms with Gasteiger partial charge >= 0.3 is 0 Å². The van der Waals surface area contributed by atoms with Gasteiger partial charge in [-0.25, -0.2) is 0 Å². The molecule has 0 saturated carbocycles. The van der Waals surface area contributed by atoms with Crippen molar-refractivity contribution >= 4 is 28.4 Å². The van der Waals surface area contributed by atoms with Crippen LogP contribution in [0.15, 0.2) is 30.5 Å². The molecule has 134 valence electrons. The number of nitrogens with one attached hydrogen (secondary N) is 2. The van der Waals surface area contributed by atoms with Crippen LogP contribution in [0.5, 0.6) is 0 Å². The average molecular weight is 352 g/mol. The van der Waals surface area contributed by atoms with Gasteiger partial charge in [0.1, 0.15) is 5.54 Å². The Balaban J connectivity index is 1.53. The summed E-state index contributed by atoms with van der Waals surface area (Å²) in [6.07, 6.45) is 2.32. The van der Waals surface area contributed by atoms with E-state index >= 15 is 0 Å². The average Bonchev–Trinajstić information content (AvgIpc) is 3.19. The van der Waals surface area contributed by atoms with E-state index in [1.54, 1.807) is 35.8 Å². The van der Waals surface area contributed by atoms with Gasteiger partial charge in [0.05, 0.1) is 11.7 Å². The zero-order chi connectivity index (χ0) is 18.5. The number of carbonyl (C=O) groups is 2. The molecular weight excluding hydrogens is 332 g/mol. The molecule has 0 radical (unpaired) electrons. The Bertz CT molecular complexity index is 1000. The highest BCUT2D eigenvalue weighted by atomic mass is 16.2. The Morgan fingerprint density at radius 1 is 1.31 bits per heavy atom. The largest absolute Gasteiger partial charge is 0.324 e. The van der Waals surface area contributed by atoms with Gasteiger partial charge in [0, 0.05) is 30.4 Å². The van der Waals surface area contributed by atoms with Gasteiger partial charge in [-0.2, -0.15) is 10.2 Å². The molecule has 1 atom stereocenters. The van der Waals surface area contributed by atoms with Gasteiger partial charge in [0.25, 0.3) is 5.91 Å². The minimum Gasteiger partial charge on any atom is -0.324 e. The van der Waals surface area contributed by atoms with E-state index in [0.29, 0.717) is 24.3 Å². The highest BCUT2D eigenvalue weighted by Crippen LogP contribution is 2.33. The van der Waals surface area contributed by atoms with E-state index < -0.39 is 5.54 Å². The Morgan fingerprint density at radius 2 is 2.12 bits per heavy atom. The van der Waals surface area contributed by atoms with E-state index in [2.05, 4.69) is 20.6 Å². The summed E-state index contributed by atoms with van der Waals surface area (Å²) in [5.41, 5.74) is 1.96. The van der Waals surface area contributed by atoms with Crippen LogP contribution in [-0.2, 0) is 11.8 Å². The van der Waals surface area contributed by atoms with Crippen LogP contribution in [0.2, 0.25) is 0 Å². The number of likely N-dealkylation sites (tertiary alicyclic amines) is 1. The fourth-order valence-electron chi connectivity index (χ4n) is 3.21. The molecule has 1 saturated heterocycles. The second kappa shape index (κ2) is 5.69. The predicted octanol–water partition coefficient (Wildman–Crippen LogP) is 1.85. The number of H-pyrrole nitrogens is 1. The maximum absolute atomic E-state index is 12.9. The molecule has 0 aliphatic carbocycles. The van der Waals surface area contributed by atoms with Crippen LogP contribution >= 0.6 is 0 Å². The highest BCUT2D eigenvalue weighted by molar-refractivity contribution is 6.04. The van der Waals surface area contributed by atoms with Gasteiger partial charge in [-0.1, -0.05) is 0 Å². The van der Waals surface area contributed by atoms with Gasteiger partial charge in [-0.3, -0.25) is 19.4 Å². The Morgan fingerprint density at radius 3 is 2.77 bits per heavy atom. The van der Waals surface area contributed by atoms with Gasteiger partial charge in [-0.05, 0) is 44.5 Å². The molecule has 26 heavy (non-hydrogen) atoms. The van der Waals surface area contributed by atoms with Crippen LogP contribution in [0, 0.1) is 6.92 Å². The molecule has 2 amide bonds. The third-order valence-corrected chi connectivity index (χ3v) is 5.18. The molecule has 1 aliphatic rings. The molecule has 4 rings (SSSR count). The summed E-state index contributed by atoms with van der Waals surface area (Å²) in [4.78, 5) is 27.2. The number of fused-ring (bicyclic) bond motifs is 1. The van der Waals surface area contributed by atoms with Crippen molar-refractivity contribution in [1.82, 2.24) is 24.9 Å². The number of hydrogen-bond acceptors (Lipinski definition) is 4. The first kappa shape index (κ1) is 16.3. The minimum atomic E-state index is -0.881. The van der Waals surface area contributed by atoms with Crippen molar-refractivity contribution in [2.75, 3.05) is 11.9 Å². The first-order chi connectivity index (χ1) is 12.4. The molecule has 1 aromatic carbocycles. The van der Waals surface area contributed by atoms with Gasteiger partial charge in [-0.15, -0.1) is 0 Å². The van der Waals surface area contributed by atoms with E-state index in [0.717, 1.165) is 16.6 Å². The van der Waals surface area contributed by atoms with Crippen LogP contribution in [0.4, 0.5) is 5.69 Å². The number of rotatable bonds is 3. The number of aromatic amines is 1. The third-order valence-electron chi connectivity index (χ3n) is 5.18. The molecule has 2 N–H and O–H groups in total. The summed E-state index contributed by atoms with van der Waals surface area (Å²) in [5, 5.41) is 14.9. The first-order valence-corrected chi connectivity index (χ1v) is 8.46. The van der Waals surface area contributed by atoms with Crippen molar-refractivity contribution in [3.63, 3.8) is 0 Å². The number of amides is 2. The van der Waals surface area contributed by atoms with Crippen molar-refractivity contribution < 1.29 is 9.59 Å². The van der Waals surface area contributed by atoms with E-state index in [4.69, 9.17) is 0 Å². The number of carbonyl (C=O) groups excluding carboxylic acids is 2.